The fourth-order valence-electron chi connectivity index (χ4n) is 2.48. The van der Waals surface area contributed by atoms with Gasteiger partial charge in [-0.3, -0.25) is 4.79 Å². The summed E-state index contributed by atoms with van der Waals surface area (Å²) in [6.07, 6.45) is 0. The van der Waals surface area contributed by atoms with Gasteiger partial charge in [-0.05, 0) is 30.5 Å². The minimum Gasteiger partial charge on any atom is -0.453 e. The molecule has 0 fully saturated rings. The first-order valence-electron chi connectivity index (χ1n) is 8.27. The predicted octanol–water partition coefficient (Wildman–Crippen LogP) is 3.08. The summed E-state index contributed by atoms with van der Waals surface area (Å²) in [7, 11) is 0. The van der Waals surface area contributed by atoms with Crippen LogP contribution in [0.2, 0.25) is 0 Å². The first-order chi connectivity index (χ1) is 13.5. The number of ether oxygens (including phenoxy) is 1. The molecule has 0 atom stereocenters. The lowest BCUT2D eigenvalue weighted by Crippen LogP contribution is -2.19. The van der Waals surface area contributed by atoms with E-state index in [1.165, 1.54) is 22.9 Å². The molecule has 3 rings (SSSR count). The van der Waals surface area contributed by atoms with Crippen molar-refractivity contribution in [3.63, 3.8) is 0 Å². The van der Waals surface area contributed by atoms with E-state index in [0.717, 1.165) is 4.88 Å². The van der Waals surface area contributed by atoms with Crippen molar-refractivity contribution >= 4 is 23.1 Å². The molecule has 0 spiro atoms. The Kier molecular flexibility index (Phi) is 5.67. The van der Waals surface area contributed by atoms with Crippen LogP contribution in [0.5, 0.6) is 0 Å². The van der Waals surface area contributed by atoms with E-state index in [1.54, 1.807) is 24.3 Å². The van der Waals surface area contributed by atoms with E-state index >= 15 is 0 Å². The highest BCUT2D eigenvalue weighted by Crippen LogP contribution is 2.26. The van der Waals surface area contributed by atoms with Gasteiger partial charge in [0.15, 0.2) is 12.3 Å². The van der Waals surface area contributed by atoms with E-state index in [9.17, 15) is 9.59 Å². The maximum Gasteiger partial charge on any atom is 0.357 e. The Morgan fingerprint density at radius 3 is 2.61 bits per heavy atom. The van der Waals surface area contributed by atoms with Gasteiger partial charge >= 0.3 is 5.97 Å². The zero-order valence-electron chi connectivity index (χ0n) is 15.0. The largest absolute Gasteiger partial charge is 0.453 e. The number of carbonyl (C=O) groups excluding carboxylic acids is 2. The molecule has 2 aromatic heterocycles. The Hall–Kier alpha value is -3.70. The van der Waals surface area contributed by atoms with Gasteiger partial charge in [0.2, 0.25) is 5.78 Å². The monoisotopic (exact) mass is 392 g/mol. The van der Waals surface area contributed by atoms with Crippen LogP contribution in [0, 0.1) is 11.3 Å². The minimum atomic E-state index is -0.723. The molecule has 0 radical (unpaired) electrons. The molecule has 7 nitrogen and oxygen atoms in total. The molecule has 0 aliphatic rings. The third-order valence-electron chi connectivity index (χ3n) is 3.81. The predicted molar refractivity (Wildman–Crippen MR) is 105 cm³/mol. The molecule has 0 bridgehead atoms. The SMILES string of the molecule is CC(N)=C(C#N)C(=O)COC(=O)c1cc(-c2cccs2)nn1-c1ccccc1. The second-order valence-electron chi connectivity index (χ2n) is 5.81. The number of benzene rings is 1. The van der Waals surface area contributed by atoms with Gasteiger partial charge in [0.1, 0.15) is 17.3 Å². The lowest BCUT2D eigenvalue weighted by atomic mass is 10.1. The maximum atomic E-state index is 12.6. The van der Waals surface area contributed by atoms with E-state index in [0.29, 0.717) is 11.4 Å². The van der Waals surface area contributed by atoms with Gasteiger partial charge in [-0.1, -0.05) is 24.3 Å². The van der Waals surface area contributed by atoms with Gasteiger partial charge < -0.3 is 10.5 Å². The summed E-state index contributed by atoms with van der Waals surface area (Å²) < 4.78 is 6.60. The Morgan fingerprint density at radius 1 is 1.25 bits per heavy atom. The molecule has 0 saturated heterocycles. The molecule has 1 aromatic carbocycles. The average Bonchev–Trinajstić information content (AvgIpc) is 3.36. The number of carbonyl (C=O) groups is 2. The summed E-state index contributed by atoms with van der Waals surface area (Å²) in [5.74, 6) is -1.38. The Morgan fingerprint density at radius 2 is 2.00 bits per heavy atom. The number of nitrogens with two attached hydrogens (primary N) is 1. The summed E-state index contributed by atoms with van der Waals surface area (Å²) in [6.45, 7) is 0.862. The van der Waals surface area contributed by atoms with Gasteiger partial charge in [0.25, 0.3) is 0 Å². The van der Waals surface area contributed by atoms with Gasteiger partial charge in [-0.15, -0.1) is 11.3 Å². The molecule has 0 unspecified atom stereocenters. The number of allylic oxidation sites excluding steroid dienone is 1. The summed E-state index contributed by atoms with van der Waals surface area (Å²) in [6, 6.07) is 16.2. The fraction of sp³-hybridized carbons (Fsp3) is 0.100. The van der Waals surface area contributed by atoms with E-state index in [-0.39, 0.29) is 17.0 Å². The quantitative estimate of drug-likeness (QED) is 0.392. The zero-order valence-corrected chi connectivity index (χ0v) is 15.8. The molecular formula is C20H16N4O3S. The van der Waals surface area contributed by atoms with E-state index < -0.39 is 18.4 Å². The van der Waals surface area contributed by atoms with Crippen molar-refractivity contribution in [1.29, 1.82) is 5.26 Å². The number of nitriles is 1. The van der Waals surface area contributed by atoms with E-state index in [2.05, 4.69) is 5.10 Å². The number of hydrogen-bond donors (Lipinski definition) is 1. The van der Waals surface area contributed by atoms with Crippen molar-refractivity contribution < 1.29 is 14.3 Å². The Bertz CT molecular complexity index is 1070. The van der Waals surface area contributed by atoms with Crippen molar-refractivity contribution in [3.05, 3.63) is 70.9 Å². The van der Waals surface area contributed by atoms with Crippen molar-refractivity contribution in [2.75, 3.05) is 6.61 Å². The van der Waals surface area contributed by atoms with Crippen molar-refractivity contribution in [3.8, 4) is 22.3 Å². The number of esters is 1. The highest BCUT2D eigenvalue weighted by molar-refractivity contribution is 7.13. The minimum absolute atomic E-state index is 0.0813. The average molecular weight is 392 g/mol. The molecule has 0 saturated carbocycles. The van der Waals surface area contributed by atoms with Crippen molar-refractivity contribution in [2.45, 2.75) is 6.92 Å². The van der Waals surface area contributed by atoms with E-state index in [1.807, 2.05) is 35.7 Å². The van der Waals surface area contributed by atoms with Crippen LogP contribution in [0.1, 0.15) is 17.4 Å². The second-order valence-corrected chi connectivity index (χ2v) is 6.76. The van der Waals surface area contributed by atoms with Crippen LogP contribution < -0.4 is 5.73 Å². The summed E-state index contributed by atoms with van der Waals surface area (Å²) in [4.78, 5) is 25.6. The van der Waals surface area contributed by atoms with Gasteiger partial charge in [0.05, 0.1) is 10.6 Å². The molecule has 28 heavy (non-hydrogen) atoms. The topological polar surface area (TPSA) is 111 Å². The number of para-hydroxylation sites is 1. The zero-order chi connectivity index (χ0) is 20.1. The highest BCUT2D eigenvalue weighted by Gasteiger charge is 2.21. The smallest absolute Gasteiger partial charge is 0.357 e. The highest BCUT2D eigenvalue weighted by atomic mass is 32.1. The number of Topliss-reactive ketones (excluding diaryl/α,β-unsaturated/α-hetero) is 1. The van der Waals surface area contributed by atoms with Crippen molar-refractivity contribution in [2.24, 2.45) is 5.73 Å². The van der Waals surface area contributed by atoms with Gasteiger partial charge in [0, 0.05) is 11.8 Å². The molecule has 8 heteroatoms. The lowest BCUT2D eigenvalue weighted by molar-refractivity contribution is -0.118. The molecule has 0 aliphatic carbocycles. The van der Waals surface area contributed by atoms with Crippen molar-refractivity contribution in [1.82, 2.24) is 9.78 Å². The van der Waals surface area contributed by atoms with Crippen LogP contribution in [-0.4, -0.2) is 28.1 Å². The number of rotatable bonds is 6. The number of nitrogens with zero attached hydrogens (tertiary/aromatic N) is 3. The fourth-order valence-corrected chi connectivity index (χ4v) is 3.17. The molecule has 3 aromatic rings. The van der Waals surface area contributed by atoms with Crippen LogP contribution >= 0.6 is 11.3 Å². The molecule has 0 amide bonds. The summed E-state index contributed by atoms with van der Waals surface area (Å²) in [5.41, 5.74) is 6.84. The Balaban J connectivity index is 1.90. The summed E-state index contributed by atoms with van der Waals surface area (Å²) in [5, 5.41) is 15.4. The van der Waals surface area contributed by atoms with E-state index in [4.69, 9.17) is 15.7 Å². The molecule has 140 valence electrons. The Labute approximate surface area is 165 Å². The number of aromatic nitrogens is 2. The molecule has 0 aliphatic heterocycles. The van der Waals surface area contributed by atoms with Crippen LogP contribution in [0.4, 0.5) is 0 Å². The van der Waals surface area contributed by atoms with Gasteiger partial charge in [-0.2, -0.15) is 10.4 Å². The third kappa shape index (κ3) is 4.00. The van der Waals surface area contributed by atoms with Crippen LogP contribution in [0.15, 0.2) is 65.2 Å². The molecule has 2 N–H and O–H groups in total. The number of thiophene rings is 1. The third-order valence-corrected chi connectivity index (χ3v) is 4.70. The summed E-state index contributed by atoms with van der Waals surface area (Å²) >= 11 is 1.50. The number of hydrogen-bond acceptors (Lipinski definition) is 7. The second kappa shape index (κ2) is 8.33. The standard InChI is InChI=1S/C20H16N4O3S/c1-13(22)15(11-21)18(25)12-27-20(26)17-10-16(19-8-5-9-28-19)23-24(17)14-6-3-2-4-7-14/h2-10H,12,22H2,1H3. The maximum absolute atomic E-state index is 12.6. The first kappa shape index (κ1) is 19.1. The molecular weight excluding hydrogens is 376 g/mol. The normalized spacial score (nSPS) is 11.4. The van der Waals surface area contributed by atoms with Crippen LogP contribution in [0.3, 0.4) is 0 Å². The first-order valence-corrected chi connectivity index (χ1v) is 9.15. The van der Waals surface area contributed by atoms with Crippen LogP contribution in [0.25, 0.3) is 16.3 Å². The number of ketones is 1. The van der Waals surface area contributed by atoms with Gasteiger partial charge in [-0.25, -0.2) is 9.48 Å². The lowest BCUT2D eigenvalue weighted by Gasteiger charge is -2.07. The molecule has 2 heterocycles. The van der Waals surface area contributed by atoms with Crippen LogP contribution in [-0.2, 0) is 9.53 Å².